The van der Waals surface area contributed by atoms with Gasteiger partial charge < -0.3 is 19.9 Å². The normalized spacial score (nSPS) is 15.4. The predicted molar refractivity (Wildman–Crippen MR) is 63.4 cm³/mol. The zero-order chi connectivity index (χ0) is 12.3. The summed E-state index contributed by atoms with van der Waals surface area (Å²) >= 11 is 0. The average molecular weight is 236 g/mol. The van der Waals surface area contributed by atoms with Crippen molar-refractivity contribution in [3.8, 4) is 5.75 Å². The first-order chi connectivity index (χ1) is 8.20. The van der Waals surface area contributed by atoms with Crippen molar-refractivity contribution in [2.45, 2.75) is 12.7 Å². The molecule has 0 atom stereocenters. The van der Waals surface area contributed by atoms with E-state index in [2.05, 4.69) is 0 Å². The maximum Gasteiger partial charge on any atom is 0.130 e. The third-order valence-electron chi connectivity index (χ3n) is 2.65. The molecular formula is C12H16N2O3. The lowest BCUT2D eigenvalue weighted by atomic mass is 10.1. The van der Waals surface area contributed by atoms with Gasteiger partial charge >= 0.3 is 0 Å². The highest BCUT2D eigenvalue weighted by Gasteiger charge is 2.18. The van der Waals surface area contributed by atoms with Gasteiger partial charge in [-0.25, -0.2) is 0 Å². The van der Waals surface area contributed by atoms with Gasteiger partial charge in [-0.2, -0.15) is 0 Å². The van der Waals surface area contributed by atoms with Gasteiger partial charge in [0.25, 0.3) is 0 Å². The van der Waals surface area contributed by atoms with Crippen LogP contribution < -0.4 is 10.5 Å². The van der Waals surface area contributed by atoms with E-state index < -0.39 is 0 Å². The third kappa shape index (κ3) is 2.75. The van der Waals surface area contributed by atoms with Crippen LogP contribution in [0.5, 0.6) is 5.75 Å². The van der Waals surface area contributed by atoms with Gasteiger partial charge in [-0.05, 0) is 17.7 Å². The number of rotatable bonds is 5. The van der Waals surface area contributed by atoms with Gasteiger partial charge in [-0.15, -0.1) is 0 Å². The van der Waals surface area contributed by atoms with Crippen molar-refractivity contribution >= 4 is 5.84 Å². The third-order valence-corrected chi connectivity index (χ3v) is 2.65. The molecule has 5 nitrogen and oxygen atoms in total. The second-order valence-electron chi connectivity index (χ2n) is 3.92. The first kappa shape index (κ1) is 11.9. The summed E-state index contributed by atoms with van der Waals surface area (Å²) in [5.74, 6) is 0.602. The van der Waals surface area contributed by atoms with Crippen LogP contribution in [0.2, 0.25) is 0 Å². The van der Waals surface area contributed by atoms with Gasteiger partial charge in [0.05, 0.1) is 32.5 Å². The smallest absolute Gasteiger partial charge is 0.130 e. The van der Waals surface area contributed by atoms with Gasteiger partial charge in [0.2, 0.25) is 0 Å². The molecule has 92 valence electrons. The van der Waals surface area contributed by atoms with E-state index in [0.29, 0.717) is 31.1 Å². The number of nitrogens with two attached hydrogens (primary N) is 1. The largest absolute Gasteiger partial charge is 0.496 e. The summed E-state index contributed by atoms with van der Waals surface area (Å²) < 4.78 is 15.8. The van der Waals surface area contributed by atoms with Crippen molar-refractivity contribution in [1.29, 1.82) is 5.41 Å². The number of amidine groups is 1. The van der Waals surface area contributed by atoms with E-state index in [1.54, 1.807) is 13.2 Å². The van der Waals surface area contributed by atoms with Crippen molar-refractivity contribution in [3.05, 3.63) is 29.3 Å². The maximum atomic E-state index is 7.41. The summed E-state index contributed by atoms with van der Waals surface area (Å²) in [7, 11) is 1.56. The summed E-state index contributed by atoms with van der Waals surface area (Å²) in [4.78, 5) is 0. The SMILES string of the molecule is COc1cc(COC2COC2)ccc1C(=N)N. The fraction of sp³-hybridized carbons (Fsp3) is 0.417. The quantitative estimate of drug-likeness (QED) is 0.588. The van der Waals surface area contributed by atoms with Crippen LogP contribution in [0.3, 0.4) is 0 Å². The summed E-state index contributed by atoms with van der Waals surface area (Å²) in [6.45, 7) is 1.86. The molecule has 1 aliphatic rings. The highest BCUT2D eigenvalue weighted by Crippen LogP contribution is 2.21. The number of benzene rings is 1. The molecular weight excluding hydrogens is 220 g/mol. The topological polar surface area (TPSA) is 77.6 Å². The molecule has 1 saturated heterocycles. The molecule has 0 saturated carbocycles. The van der Waals surface area contributed by atoms with Crippen LogP contribution in [0.25, 0.3) is 0 Å². The van der Waals surface area contributed by atoms with E-state index in [-0.39, 0.29) is 11.9 Å². The van der Waals surface area contributed by atoms with Gasteiger partial charge in [0.15, 0.2) is 0 Å². The Labute approximate surface area is 100.0 Å². The molecule has 1 fully saturated rings. The van der Waals surface area contributed by atoms with Crippen molar-refractivity contribution in [1.82, 2.24) is 0 Å². The van der Waals surface area contributed by atoms with E-state index >= 15 is 0 Å². The second-order valence-corrected chi connectivity index (χ2v) is 3.92. The Morgan fingerprint density at radius 3 is 2.82 bits per heavy atom. The molecule has 17 heavy (non-hydrogen) atoms. The van der Waals surface area contributed by atoms with E-state index in [1.165, 1.54) is 0 Å². The van der Waals surface area contributed by atoms with E-state index in [0.717, 1.165) is 5.56 Å². The van der Waals surface area contributed by atoms with Gasteiger partial charge in [0.1, 0.15) is 17.7 Å². The van der Waals surface area contributed by atoms with Gasteiger partial charge in [-0.1, -0.05) is 6.07 Å². The van der Waals surface area contributed by atoms with Crippen molar-refractivity contribution in [2.24, 2.45) is 5.73 Å². The van der Waals surface area contributed by atoms with Crippen molar-refractivity contribution in [2.75, 3.05) is 20.3 Å². The minimum Gasteiger partial charge on any atom is -0.496 e. The zero-order valence-corrected chi connectivity index (χ0v) is 9.73. The van der Waals surface area contributed by atoms with Crippen LogP contribution in [0.1, 0.15) is 11.1 Å². The Hall–Kier alpha value is -1.59. The van der Waals surface area contributed by atoms with Crippen LogP contribution in [0.15, 0.2) is 18.2 Å². The number of ether oxygens (including phenoxy) is 3. The molecule has 1 aromatic rings. The van der Waals surface area contributed by atoms with Crippen LogP contribution in [-0.4, -0.2) is 32.3 Å². The fourth-order valence-corrected chi connectivity index (χ4v) is 1.57. The monoisotopic (exact) mass is 236 g/mol. The van der Waals surface area contributed by atoms with Crippen LogP contribution in [-0.2, 0) is 16.1 Å². The fourth-order valence-electron chi connectivity index (χ4n) is 1.57. The average Bonchev–Trinajstić information content (AvgIpc) is 2.26. The molecule has 1 aromatic carbocycles. The zero-order valence-electron chi connectivity index (χ0n) is 9.73. The van der Waals surface area contributed by atoms with E-state index in [9.17, 15) is 0 Å². The Kier molecular flexibility index (Phi) is 3.61. The highest BCUT2D eigenvalue weighted by molar-refractivity contribution is 5.97. The summed E-state index contributed by atoms with van der Waals surface area (Å²) in [6.07, 6.45) is 0.202. The minimum atomic E-state index is 0.00158. The number of hydrogen-bond donors (Lipinski definition) is 2. The highest BCUT2D eigenvalue weighted by atomic mass is 16.6. The first-order valence-electron chi connectivity index (χ1n) is 5.41. The van der Waals surface area contributed by atoms with Crippen molar-refractivity contribution < 1.29 is 14.2 Å². The van der Waals surface area contributed by atoms with Gasteiger partial charge in [-0.3, -0.25) is 5.41 Å². The van der Waals surface area contributed by atoms with Crippen LogP contribution in [0.4, 0.5) is 0 Å². The van der Waals surface area contributed by atoms with Crippen molar-refractivity contribution in [3.63, 3.8) is 0 Å². The molecule has 0 spiro atoms. The predicted octanol–water partition coefficient (Wildman–Crippen LogP) is 0.895. The lowest BCUT2D eigenvalue weighted by molar-refractivity contribution is -0.135. The minimum absolute atomic E-state index is 0.00158. The molecule has 0 aromatic heterocycles. The Morgan fingerprint density at radius 1 is 1.53 bits per heavy atom. The molecule has 0 unspecified atom stereocenters. The summed E-state index contributed by atoms with van der Waals surface area (Å²) in [5.41, 5.74) is 7.05. The number of hydrogen-bond acceptors (Lipinski definition) is 4. The number of nitrogens with one attached hydrogen (secondary N) is 1. The molecule has 1 heterocycles. The summed E-state index contributed by atoms with van der Waals surface area (Å²) in [6, 6.07) is 5.51. The molecule has 0 amide bonds. The lowest BCUT2D eigenvalue weighted by Crippen LogP contribution is -2.35. The van der Waals surface area contributed by atoms with Gasteiger partial charge in [0, 0.05) is 0 Å². The molecule has 3 N–H and O–H groups in total. The molecule has 5 heteroatoms. The molecule has 0 radical (unpaired) electrons. The van der Waals surface area contributed by atoms with E-state index in [1.807, 2.05) is 12.1 Å². The maximum absolute atomic E-state index is 7.41. The summed E-state index contributed by atoms with van der Waals surface area (Å²) in [5, 5.41) is 7.41. The number of methoxy groups -OCH3 is 1. The standard InChI is InChI=1S/C12H16N2O3/c1-15-11-4-8(2-3-10(11)12(13)14)5-17-9-6-16-7-9/h2-4,9H,5-7H2,1H3,(H3,13,14). The molecule has 1 aliphatic heterocycles. The second kappa shape index (κ2) is 5.16. The molecule has 0 aliphatic carbocycles. The lowest BCUT2D eigenvalue weighted by Gasteiger charge is -2.26. The van der Waals surface area contributed by atoms with Crippen LogP contribution in [0, 0.1) is 5.41 Å². The van der Waals surface area contributed by atoms with E-state index in [4.69, 9.17) is 25.4 Å². The molecule has 2 rings (SSSR count). The molecule has 0 bridgehead atoms. The Morgan fingerprint density at radius 2 is 2.29 bits per heavy atom. The Bertz CT molecular complexity index is 416. The first-order valence-corrected chi connectivity index (χ1v) is 5.41. The number of nitrogen functional groups attached to an aromatic ring is 1. The Balaban J connectivity index is 2.04. The van der Waals surface area contributed by atoms with Crippen LogP contribution >= 0.6 is 0 Å².